The van der Waals surface area contributed by atoms with Gasteiger partial charge in [0.15, 0.2) is 0 Å². The van der Waals surface area contributed by atoms with Gasteiger partial charge in [0.05, 0.1) is 16.8 Å². The zero-order valence-corrected chi connectivity index (χ0v) is 24.2. The highest BCUT2D eigenvalue weighted by molar-refractivity contribution is 7.09. The number of allylic oxidation sites excluding steroid dienone is 3. The van der Waals surface area contributed by atoms with Crippen LogP contribution in [-0.2, 0) is 14.3 Å². The molecule has 0 amide bonds. The van der Waals surface area contributed by atoms with Crippen molar-refractivity contribution in [2.45, 2.75) is 86.9 Å². The Bertz CT molecular complexity index is 971. The van der Waals surface area contributed by atoms with Gasteiger partial charge in [0, 0.05) is 29.6 Å². The van der Waals surface area contributed by atoms with E-state index in [2.05, 4.69) is 18.1 Å². The second-order valence-electron chi connectivity index (χ2n) is 10.5. The van der Waals surface area contributed by atoms with Crippen LogP contribution in [0.3, 0.4) is 0 Å². The summed E-state index contributed by atoms with van der Waals surface area (Å²) < 4.78 is 5.93. The quantitative estimate of drug-likeness (QED) is 0.153. The highest BCUT2D eigenvalue weighted by Crippen LogP contribution is 2.35. The van der Waals surface area contributed by atoms with Crippen molar-refractivity contribution in [1.29, 1.82) is 0 Å². The third-order valence-corrected chi connectivity index (χ3v) is 7.95. The van der Waals surface area contributed by atoms with Gasteiger partial charge in [-0.2, -0.15) is 0 Å². The van der Waals surface area contributed by atoms with Crippen molar-refractivity contribution >= 4 is 29.2 Å². The number of aliphatic hydroxyl groups excluding tert-OH is 1. The topological polar surface area (TPSA) is 76.5 Å². The third kappa shape index (κ3) is 9.29. The summed E-state index contributed by atoms with van der Waals surface area (Å²) in [7, 11) is 0. The third-order valence-electron chi connectivity index (χ3n) is 7.16. The number of esters is 1. The van der Waals surface area contributed by atoms with Gasteiger partial charge in [-0.1, -0.05) is 65.0 Å². The zero-order valence-electron chi connectivity index (χ0n) is 23.3. The van der Waals surface area contributed by atoms with Crippen molar-refractivity contribution in [3.63, 3.8) is 0 Å². The number of hydrogen-bond acceptors (Lipinski definition) is 6. The number of aliphatic hydroxyl groups is 1. The molecule has 1 aromatic rings. The first kappa shape index (κ1) is 31.7. The Morgan fingerprint density at radius 2 is 1.83 bits per heavy atom. The van der Waals surface area contributed by atoms with Crippen LogP contribution in [0.5, 0.6) is 0 Å². The van der Waals surface area contributed by atoms with E-state index < -0.39 is 23.5 Å². The Balaban J connectivity index is 2.98. The average Bonchev–Trinajstić information content (AvgIpc) is 3.23. The molecule has 0 aromatic carbocycles. The molecular formula is C30H45NO4S. The minimum atomic E-state index is -0.800. The van der Waals surface area contributed by atoms with E-state index >= 15 is 0 Å². The largest absolute Gasteiger partial charge is 0.457 e. The van der Waals surface area contributed by atoms with Gasteiger partial charge in [0.1, 0.15) is 11.9 Å². The molecule has 0 bridgehead atoms. The number of nitrogens with zero attached hydrogens (tertiary/aromatic N) is 1. The van der Waals surface area contributed by atoms with Crippen molar-refractivity contribution in [1.82, 2.24) is 4.98 Å². The van der Waals surface area contributed by atoms with Crippen LogP contribution in [0.4, 0.5) is 0 Å². The normalized spacial score (nSPS) is 17.0. The number of carbonyl (C=O) groups is 2. The molecule has 1 aromatic heterocycles. The number of hydrogen-bond donors (Lipinski definition) is 1. The van der Waals surface area contributed by atoms with E-state index in [4.69, 9.17) is 4.74 Å². The number of thiazole rings is 1. The maximum Gasteiger partial charge on any atom is 0.306 e. The first-order valence-corrected chi connectivity index (χ1v) is 13.5. The van der Waals surface area contributed by atoms with Gasteiger partial charge in [-0.15, -0.1) is 17.9 Å². The summed E-state index contributed by atoms with van der Waals surface area (Å²) in [6.07, 6.45) is 7.52. The molecule has 200 valence electrons. The molecule has 0 unspecified atom stereocenters. The van der Waals surface area contributed by atoms with E-state index in [-0.39, 0.29) is 30.0 Å². The van der Waals surface area contributed by atoms with Crippen LogP contribution in [0.25, 0.3) is 6.08 Å². The summed E-state index contributed by atoms with van der Waals surface area (Å²) in [5, 5.41) is 13.6. The predicted octanol–water partition coefficient (Wildman–Crippen LogP) is 7.12. The molecule has 0 spiro atoms. The van der Waals surface area contributed by atoms with Crippen LogP contribution in [0, 0.1) is 30.1 Å². The Morgan fingerprint density at radius 3 is 2.36 bits per heavy atom. The molecule has 0 saturated carbocycles. The van der Waals surface area contributed by atoms with Gasteiger partial charge in [-0.3, -0.25) is 9.59 Å². The monoisotopic (exact) mass is 515 g/mol. The minimum Gasteiger partial charge on any atom is -0.457 e. The van der Waals surface area contributed by atoms with Gasteiger partial charge in [0.25, 0.3) is 0 Å². The molecule has 1 heterocycles. The van der Waals surface area contributed by atoms with Crippen LogP contribution < -0.4 is 0 Å². The summed E-state index contributed by atoms with van der Waals surface area (Å²) >= 11 is 1.57. The Kier molecular flexibility index (Phi) is 12.7. The van der Waals surface area contributed by atoms with Crippen LogP contribution in [0.1, 0.15) is 78.4 Å². The van der Waals surface area contributed by atoms with E-state index in [1.165, 1.54) is 0 Å². The molecular weight excluding hydrogens is 470 g/mol. The fourth-order valence-electron chi connectivity index (χ4n) is 4.07. The average molecular weight is 516 g/mol. The number of aryl methyl sites for hydroxylation is 1. The number of ketones is 1. The maximum atomic E-state index is 13.3. The van der Waals surface area contributed by atoms with Gasteiger partial charge < -0.3 is 9.84 Å². The van der Waals surface area contributed by atoms with Gasteiger partial charge >= 0.3 is 5.97 Å². The van der Waals surface area contributed by atoms with E-state index in [0.29, 0.717) is 12.8 Å². The van der Waals surface area contributed by atoms with Crippen LogP contribution >= 0.6 is 11.3 Å². The van der Waals surface area contributed by atoms with Crippen molar-refractivity contribution in [3.05, 3.63) is 58.6 Å². The van der Waals surface area contributed by atoms with E-state index in [1.54, 1.807) is 30.4 Å². The van der Waals surface area contributed by atoms with E-state index in [1.807, 2.05) is 66.0 Å². The molecule has 5 atom stereocenters. The SMILES string of the molecule is C=CC[C@H](C)[C@H](O)[C@@H](C)C(=O)C(C)(C)[C@@H](C)CC(=O)O[C@@H](C/C=C(/C)C=C)/C(C)=C/c1csc(C)n1. The van der Waals surface area contributed by atoms with Crippen molar-refractivity contribution < 1.29 is 19.4 Å². The molecule has 0 aliphatic carbocycles. The van der Waals surface area contributed by atoms with Crippen molar-refractivity contribution in [2.75, 3.05) is 0 Å². The highest BCUT2D eigenvalue weighted by Gasteiger charge is 2.40. The molecule has 5 nitrogen and oxygen atoms in total. The Morgan fingerprint density at radius 1 is 1.19 bits per heavy atom. The number of ether oxygens (including phenoxy) is 1. The smallest absolute Gasteiger partial charge is 0.306 e. The van der Waals surface area contributed by atoms with Crippen molar-refractivity contribution in [3.8, 4) is 0 Å². The lowest BCUT2D eigenvalue weighted by Gasteiger charge is -2.35. The Labute approximate surface area is 222 Å². The standard InChI is InChI=1S/C30H45NO4S/c1-11-13-20(4)28(33)23(7)29(34)30(9,10)22(6)17-27(32)35-26(15-14-19(3)12-2)21(5)16-25-18-36-24(8)31-25/h11-12,14,16,18,20,22-23,26,28,33H,1-2,13,15,17H2,3-10H3/b19-14-,21-16+/t20-,22-,23+,26-,28-/m0/s1. The van der Waals surface area contributed by atoms with Crippen LogP contribution in [0.15, 0.2) is 47.9 Å². The fourth-order valence-corrected chi connectivity index (χ4v) is 4.64. The molecule has 0 saturated heterocycles. The van der Waals surface area contributed by atoms with Crippen LogP contribution in [-0.4, -0.2) is 34.1 Å². The number of rotatable bonds is 15. The van der Waals surface area contributed by atoms with Gasteiger partial charge in [0.2, 0.25) is 0 Å². The lowest BCUT2D eigenvalue weighted by atomic mass is 9.69. The molecule has 1 N–H and O–H groups in total. The summed E-state index contributed by atoms with van der Waals surface area (Å²) in [5.41, 5.74) is 1.95. The summed E-state index contributed by atoms with van der Waals surface area (Å²) in [6, 6.07) is 0. The van der Waals surface area contributed by atoms with Crippen molar-refractivity contribution in [2.24, 2.45) is 23.2 Å². The van der Waals surface area contributed by atoms with Gasteiger partial charge in [-0.05, 0) is 50.7 Å². The van der Waals surface area contributed by atoms with Gasteiger partial charge in [-0.25, -0.2) is 4.98 Å². The molecule has 0 radical (unpaired) electrons. The molecule has 0 aliphatic rings. The first-order chi connectivity index (χ1) is 16.7. The summed E-state index contributed by atoms with van der Waals surface area (Å²) in [6.45, 7) is 22.6. The number of Topliss-reactive ketones (excluding diaryl/α,β-unsaturated/α-hetero) is 1. The lowest BCUT2D eigenvalue weighted by molar-refractivity contribution is -0.150. The first-order valence-electron chi connectivity index (χ1n) is 12.7. The molecule has 1 rings (SSSR count). The zero-order chi connectivity index (χ0) is 27.6. The summed E-state index contributed by atoms with van der Waals surface area (Å²) in [4.78, 5) is 30.8. The number of carbonyl (C=O) groups excluding carboxylic acids is 2. The molecule has 0 fully saturated rings. The van der Waals surface area contributed by atoms with E-state index in [9.17, 15) is 14.7 Å². The second kappa shape index (κ2) is 14.4. The van der Waals surface area contributed by atoms with Crippen LogP contribution in [0.2, 0.25) is 0 Å². The molecule has 36 heavy (non-hydrogen) atoms. The minimum absolute atomic E-state index is 0.0534. The summed E-state index contributed by atoms with van der Waals surface area (Å²) in [5.74, 6) is -1.28. The highest BCUT2D eigenvalue weighted by atomic mass is 32.1. The molecule has 0 aliphatic heterocycles. The predicted molar refractivity (Wildman–Crippen MR) is 151 cm³/mol. The van der Waals surface area contributed by atoms with E-state index in [0.717, 1.165) is 21.8 Å². The lowest BCUT2D eigenvalue weighted by Crippen LogP contribution is -2.42. The Hall–Kier alpha value is -2.31. The fraction of sp³-hybridized carbons (Fsp3) is 0.567. The number of aromatic nitrogens is 1. The maximum absolute atomic E-state index is 13.3. The molecule has 6 heteroatoms. The second-order valence-corrected chi connectivity index (χ2v) is 11.6.